The van der Waals surface area contributed by atoms with E-state index in [1.807, 2.05) is 26.8 Å². The van der Waals surface area contributed by atoms with E-state index in [1.54, 1.807) is 6.07 Å². The van der Waals surface area contributed by atoms with E-state index in [4.69, 9.17) is 21.7 Å². The topological polar surface area (TPSA) is 63.0 Å². The summed E-state index contributed by atoms with van der Waals surface area (Å²) in [4.78, 5) is 13.0. The van der Waals surface area contributed by atoms with Crippen LogP contribution in [0, 0.1) is 18.3 Å². The average Bonchev–Trinajstić information content (AvgIpc) is 2.36. The predicted octanol–water partition coefficient (Wildman–Crippen LogP) is 2.92. The second kappa shape index (κ2) is 12.5. The summed E-state index contributed by atoms with van der Waals surface area (Å²) in [5, 5.41) is 8.88. The molecule has 1 aromatic heterocycles. The number of carbonyl (C=O) groups excluding carboxylic acids is 1. The first-order valence-corrected chi connectivity index (χ1v) is 5.49. The van der Waals surface area contributed by atoms with Crippen LogP contribution >= 0.6 is 11.6 Å². The number of hydrogen-bond donors (Lipinski definition) is 0. The van der Waals surface area contributed by atoms with Crippen LogP contribution in [0.15, 0.2) is 12.1 Å². The SMILES string of the molecule is CC.COC=O.Cc1nc(Cl)ccc1CC#N. The number of aromatic nitrogens is 1. The minimum absolute atomic E-state index is 0.375. The largest absolute Gasteiger partial charge is 0.471 e. The summed E-state index contributed by atoms with van der Waals surface area (Å²) in [5.74, 6) is 0. The Morgan fingerprint density at radius 1 is 1.53 bits per heavy atom. The molecule has 0 aliphatic heterocycles. The fraction of sp³-hybridized carbons (Fsp3) is 0.417. The molecule has 1 heterocycles. The Hall–Kier alpha value is -1.60. The molecule has 1 rings (SSSR count). The van der Waals surface area contributed by atoms with Gasteiger partial charge >= 0.3 is 0 Å². The van der Waals surface area contributed by atoms with Gasteiger partial charge in [0.15, 0.2) is 0 Å². The van der Waals surface area contributed by atoms with Gasteiger partial charge in [0, 0.05) is 5.69 Å². The van der Waals surface area contributed by atoms with E-state index >= 15 is 0 Å². The zero-order chi connectivity index (χ0) is 13.7. The van der Waals surface area contributed by atoms with Crippen LogP contribution in [0.3, 0.4) is 0 Å². The minimum atomic E-state index is 0.375. The average molecular weight is 257 g/mol. The Bertz CT molecular complexity index is 362. The maximum atomic E-state index is 8.95. The van der Waals surface area contributed by atoms with Gasteiger partial charge in [-0.1, -0.05) is 31.5 Å². The molecule has 0 unspecified atom stereocenters. The summed E-state index contributed by atoms with van der Waals surface area (Å²) in [7, 11) is 1.31. The quantitative estimate of drug-likeness (QED) is 0.603. The highest BCUT2D eigenvalue weighted by molar-refractivity contribution is 6.29. The Balaban J connectivity index is 0. The number of halogens is 1. The molecule has 94 valence electrons. The summed E-state index contributed by atoms with van der Waals surface area (Å²) in [5.41, 5.74) is 1.77. The lowest BCUT2D eigenvalue weighted by atomic mass is 10.1. The first-order chi connectivity index (χ1) is 8.15. The Labute approximate surface area is 107 Å². The van der Waals surface area contributed by atoms with Crippen LogP contribution in [0.1, 0.15) is 25.1 Å². The van der Waals surface area contributed by atoms with Crippen molar-refractivity contribution < 1.29 is 9.53 Å². The van der Waals surface area contributed by atoms with Crippen LogP contribution in [-0.2, 0) is 16.0 Å². The van der Waals surface area contributed by atoms with Gasteiger partial charge in [0.1, 0.15) is 5.15 Å². The molecule has 1 aromatic rings. The molecule has 0 spiro atoms. The monoisotopic (exact) mass is 256 g/mol. The normalized spacial score (nSPS) is 7.53. The molecule has 0 saturated carbocycles. The van der Waals surface area contributed by atoms with Gasteiger partial charge in [0.25, 0.3) is 6.47 Å². The van der Waals surface area contributed by atoms with E-state index in [9.17, 15) is 0 Å². The van der Waals surface area contributed by atoms with Crippen molar-refractivity contribution in [1.29, 1.82) is 5.26 Å². The molecule has 17 heavy (non-hydrogen) atoms. The van der Waals surface area contributed by atoms with Crippen LogP contribution in [0.5, 0.6) is 0 Å². The lowest BCUT2D eigenvalue weighted by molar-refractivity contribution is -0.126. The van der Waals surface area contributed by atoms with Crippen molar-refractivity contribution >= 4 is 18.1 Å². The highest BCUT2D eigenvalue weighted by Crippen LogP contribution is 2.10. The molecule has 0 saturated heterocycles. The number of hydrogen-bond acceptors (Lipinski definition) is 4. The number of pyridine rings is 1. The number of carbonyl (C=O) groups is 1. The molecule has 0 N–H and O–H groups in total. The third kappa shape index (κ3) is 9.34. The molecule has 0 radical (unpaired) electrons. The number of aryl methyl sites for hydroxylation is 1. The Morgan fingerprint density at radius 3 is 2.41 bits per heavy atom. The number of rotatable bonds is 2. The number of nitrogens with zero attached hydrogens (tertiary/aromatic N) is 2. The second-order valence-corrected chi connectivity index (χ2v) is 2.93. The molecule has 0 atom stereocenters. The lowest BCUT2D eigenvalue weighted by Gasteiger charge is -1.98. The van der Waals surface area contributed by atoms with Crippen molar-refractivity contribution in [2.24, 2.45) is 0 Å². The molecule has 0 aliphatic rings. The van der Waals surface area contributed by atoms with Gasteiger partial charge in [0.2, 0.25) is 0 Å². The Kier molecular flexibility index (Phi) is 13.0. The van der Waals surface area contributed by atoms with Crippen molar-refractivity contribution in [2.75, 3.05) is 7.11 Å². The molecule has 0 fully saturated rings. The molecular formula is C12H17ClN2O2. The Morgan fingerprint density at radius 2 is 2.06 bits per heavy atom. The van der Waals surface area contributed by atoms with Crippen LogP contribution in [0.25, 0.3) is 0 Å². The summed E-state index contributed by atoms with van der Waals surface area (Å²) >= 11 is 5.62. The first kappa shape index (κ1) is 17.8. The second-order valence-electron chi connectivity index (χ2n) is 2.55. The standard InChI is InChI=1S/C8H7ClN2.C2H4O2.C2H6/c1-6-7(4-5-10)2-3-8(9)11-6;1-4-2-3;1-2/h2-3H,4H2,1H3;2H,1H3;1-2H3. The van der Waals surface area contributed by atoms with Gasteiger partial charge in [0.05, 0.1) is 19.6 Å². The first-order valence-electron chi connectivity index (χ1n) is 5.11. The molecule has 0 aliphatic carbocycles. The van der Waals surface area contributed by atoms with Crippen molar-refractivity contribution in [3.63, 3.8) is 0 Å². The van der Waals surface area contributed by atoms with Crippen molar-refractivity contribution in [2.45, 2.75) is 27.2 Å². The molecule has 0 bridgehead atoms. The highest BCUT2D eigenvalue weighted by Gasteiger charge is 1.98. The number of methoxy groups -OCH3 is 1. The summed E-state index contributed by atoms with van der Waals surface area (Å²) < 4.78 is 3.86. The summed E-state index contributed by atoms with van der Waals surface area (Å²) in [6.07, 6.45) is 0.399. The van der Waals surface area contributed by atoms with Gasteiger partial charge in [-0.25, -0.2) is 4.98 Å². The maximum absolute atomic E-state index is 8.95. The van der Waals surface area contributed by atoms with Crippen LogP contribution < -0.4 is 0 Å². The van der Waals surface area contributed by atoms with Crippen molar-refractivity contribution in [3.05, 3.63) is 28.5 Å². The predicted molar refractivity (Wildman–Crippen MR) is 67.7 cm³/mol. The van der Waals surface area contributed by atoms with E-state index in [2.05, 4.69) is 15.8 Å². The molecule has 4 nitrogen and oxygen atoms in total. The zero-order valence-electron chi connectivity index (χ0n) is 10.5. The summed E-state index contributed by atoms with van der Waals surface area (Å²) in [6.45, 7) is 6.22. The van der Waals surface area contributed by atoms with Crippen LogP contribution in [0.4, 0.5) is 0 Å². The maximum Gasteiger partial charge on any atom is 0.292 e. The zero-order valence-corrected chi connectivity index (χ0v) is 11.3. The van der Waals surface area contributed by atoms with Crippen molar-refractivity contribution in [1.82, 2.24) is 4.98 Å². The molecule has 0 aromatic carbocycles. The van der Waals surface area contributed by atoms with Gasteiger partial charge < -0.3 is 4.74 Å². The van der Waals surface area contributed by atoms with Crippen molar-refractivity contribution in [3.8, 4) is 6.07 Å². The van der Waals surface area contributed by atoms with Gasteiger partial charge in [-0.05, 0) is 18.6 Å². The van der Waals surface area contributed by atoms with Gasteiger partial charge in [-0.2, -0.15) is 5.26 Å². The third-order valence-corrected chi connectivity index (χ3v) is 1.74. The van der Waals surface area contributed by atoms with Gasteiger partial charge in [-0.15, -0.1) is 0 Å². The van der Waals surface area contributed by atoms with E-state index in [0.29, 0.717) is 18.0 Å². The number of nitriles is 1. The van der Waals surface area contributed by atoms with Crippen LogP contribution in [-0.4, -0.2) is 18.6 Å². The molecule has 5 heteroatoms. The molecular weight excluding hydrogens is 240 g/mol. The van der Waals surface area contributed by atoms with E-state index in [1.165, 1.54) is 7.11 Å². The summed E-state index contributed by atoms with van der Waals surface area (Å²) in [6, 6.07) is 5.58. The van der Waals surface area contributed by atoms with Gasteiger partial charge in [-0.3, -0.25) is 4.79 Å². The van der Waals surface area contributed by atoms with E-state index in [-0.39, 0.29) is 0 Å². The van der Waals surface area contributed by atoms with Crippen LogP contribution in [0.2, 0.25) is 5.15 Å². The minimum Gasteiger partial charge on any atom is -0.471 e. The lowest BCUT2D eigenvalue weighted by Crippen LogP contribution is -1.90. The third-order valence-electron chi connectivity index (χ3n) is 1.53. The van der Waals surface area contributed by atoms with E-state index in [0.717, 1.165) is 11.3 Å². The molecule has 0 amide bonds. The fourth-order valence-corrected chi connectivity index (χ4v) is 1.02. The highest BCUT2D eigenvalue weighted by atomic mass is 35.5. The van der Waals surface area contributed by atoms with E-state index < -0.39 is 0 Å². The number of ether oxygens (including phenoxy) is 1. The smallest absolute Gasteiger partial charge is 0.292 e. The fourth-order valence-electron chi connectivity index (χ4n) is 0.831.